The first-order valence-electron chi connectivity index (χ1n) is 7.28. The van der Waals surface area contributed by atoms with Crippen LogP contribution in [-0.2, 0) is 36.6 Å². The summed E-state index contributed by atoms with van der Waals surface area (Å²) in [6, 6.07) is 3.80. The zero-order valence-electron chi connectivity index (χ0n) is 12.6. The minimum atomic E-state index is -1.23. The van der Waals surface area contributed by atoms with E-state index >= 15 is 0 Å². The van der Waals surface area contributed by atoms with Crippen molar-refractivity contribution in [2.75, 3.05) is 0 Å². The fourth-order valence-corrected chi connectivity index (χ4v) is 2.87. The van der Waals surface area contributed by atoms with Gasteiger partial charge in [-0.15, -0.1) is 0 Å². The van der Waals surface area contributed by atoms with Gasteiger partial charge in [0.05, 0.1) is 0 Å². The zero-order valence-corrected chi connectivity index (χ0v) is 12.6. The van der Waals surface area contributed by atoms with Crippen LogP contribution in [0.15, 0.2) is 28.7 Å². The van der Waals surface area contributed by atoms with Gasteiger partial charge in [-0.05, 0) is 24.3 Å². The Labute approximate surface area is 128 Å². The Bertz CT molecular complexity index is 580. The molecule has 118 valence electrons. The summed E-state index contributed by atoms with van der Waals surface area (Å²) >= 11 is 0. The van der Waals surface area contributed by atoms with Gasteiger partial charge in [-0.1, -0.05) is 0 Å². The maximum atomic E-state index is 11.4. The fourth-order valence-electron chi connectivity index (χ4n) is 2.87. The van der Waals surface area contributed by atoms with Crippen LogP contribution in [0.2, 0.25) is 0 Å². The third kappa shape index (κ3) is 2.92. The normalized spacial score (nSPS) is 29.9. The van der Waals surface area contributed by atoms with Crippen molar-refractivity contribution in [2.24, 2.45) is 0 Å². The molecular formula is C16H18O6. The molecule has 0 aliphatic carbocycles. The summed E-state index contributed by atoms with van der Waals surface area (Å²) < 4.78 is 22.4. The van der Waals surface area contributed by atoms with Crippen LogP contribution in [0.4, 0.5) is 0 Å². The van der Waals surface area contributed by atoms with E-state index < -0.39 is 23.5 Å². The first-order chi connectivity index (χ1) is 10.4. The molecule has 1 aromatic rings. The zero-order chi connectivity index (χ0) is 15.8. The highest BCUT2D eigenvalue weighted by Gasteiger charge is 2.49. The monoisotopic (exact) mass is 306 g/mol. The summed E-state index contributed by atoms with van der Waals surface area (Å²) in [5.41, 5.74) is 0. The van der Waals surface area contributed by atoms with Crippen molar-refractivity contribution in [1.29, 1.82) is 0 Å². The van der Waals surface area contributed by atoms with E-state index in [4.69, 9.17) is 18.6 Å². The minimum absolute atomic E-state index is 0.388. The average molecular weight is 306 g/mol. The van der Waals surface area contributed by atoms with E-state index in [1.165, 1.54) is 13.8 Å². The van der Waals surface area contributed by atoms with E-state index in [1.54, 1.807) is 12.2 Å². The molecule has 4 bridgehead atoms. The predicted molar refractivity (Wildman–Crippen MR) is 74.6 cm³/mol. The summed E-state index contributed by atoms with van der Waals surface area (Å²) in [6.07, 6.45) is 5.19. The number of carbonyl (C=O) groups is 2. The summed E-state index contributed by atoms with van der Waals surface area (Å²) in [5.74, 6) is -1.76. The van der Waals surface area contributed by atoms with Gasteiger partial charge in [-0.3, -0.25) is 14.3 Å². The highest BCUT2D eigenvalue weighted by molar-refractivity contribution is 5.67. The molecule has 1 aromatic heterocycles. The van der Waals surface area contributed by atoms with Gasteiger partial charge in [-0.2, -0.15) is 0 Å². The fraction of sp³-hybridized carbons (Fsp3) is 0.500. The minimum Gasteiger partial charge on any atom is -0.466 e. The molecule has 2 atom stereocenters. The van der Waals surface area contributed by atoms with E-state index in [0.29, 0.717) is 25.7 Å². The summed E-state index contributed by atoms with van der Waals surface area (Å²) in [6.45, 7) is 2.64. The Balaban J connectivity index is 1.94. The Morgan fingerprint density at radius 2 is 1.41 bits per heavy atom. The summed E-state index contributed by atoms with van der Waals surface area (Å²) in [7, 11) is 0. The van der Waals surface area contributed by atoms with Gasteiger partial charge in [0, 0.05) is 39.5 Å². The van der Waals surface area contributed by atoms with Crippen molar-refractivity contribution in [3.05, 3.63) is 35.8 Å². The lowest BCUT2D eigenvalue weighted by Crippen LogP contribution is -2.43. The number of hydrogen-bond donors (Lipinski definition) is 0. The van der Waals surface area contributed by atoms with Crippen molar-refractivity contribution in [3.63, 3.8) is 0 Å². The predicted octanol–water partition coefficient (Wildman–Crippen LogP) is 2.26. The summed E-state index contributed by atoms with van der Waals surface area (Å²) in [4.78, 5) is 22.9. The first-order valence-corrected chi connectivity index (χ1v) is 7.28. The quantitative estimate of drug-likeness (QED) is 0.616. The number of esters is 2. The molecule has 2 unspecified atom stereocenters. The third-order valence-corrected chi connectivity index (χ3v) is 3.73. The maximum absolute atomic E-state index is 11.4. The lowest BCUT2D eigenvalue weighted by atomic mass is 10.1. The molecule has 0 saturated carbocycles. The molecule has 22 heavy (non-hydrogen) atoms. The number of aryl methyl sites for hydroxylation is 2. The maximum Gasteiger partial charge on any atom is 0.305 e. The van der Waals surface area contributed by atoms with E-state index in [9.17, 15) is 9.59 Å². The number of rotatable bonds is 2. The van der Waals surface area contributed by atoms with Gasteiger partial charge < -0.3 is 13.9 Å². The van der Waals surface area contributed by atoms with Crippen LogP contribution in [0, 0.1) is 0 Å². The van der Waals surface area contributed by atoms with Gasteiger partial charge in [-0.25, -0.2) is 0 Å². The topological polar surface area (TPSA) is 75.0 Å². The molecule has 0 amide bonds. The molecule has 6 heteroatoms. The second kappa shape index (κ2) is 5.28. The molecule has 3 heterocycles. The Kier molecular flexibility index (Phi) is 3.56. The molecule has 2 aliphatic rings. The van der Waals surface area contributed by atoms with Gasteiger partial charge in [0.15, 0.2) is 0 Å². The smallest absolute Gasteiger partial charge is 0.305 e. The van der Waals surface area contributed by atoms with Crippen molar-refractivity contribution in [2.45, 2.75) is 51.1 Å². The standard InChI is InChI=1S/C16H18O6/c1-11(17)20-15-7-5-13-3-4-14(19-13)6-8-16(22-15,10-9-15)21-12(2)18/h3-4,9-10H,5-8H2,1-2H3. The second-order valence-electron chi connectivity index (χ2n) is 5.61. The van der Waals surface area contributed by atoms with Gasteiger partial charge >= 0.3 is 11.9 Å². The molecule has 0 radical (unpaired) electrons. The van der Waals surface area contributed by atoms with Crippen molar-refractivity contribution < 1.29 is 28.2 Å². The SMILES string of the molecule is CC(=O)OC12C=CC(OC(C)=O)(CCc3ccc(o3)CC1)O2. The van der Waals surface area contributed by atoms with Crippen molar-refractivity contribution in [1.82, 2.24) is 0 Å². The molecule has 0 fully saturated rings. The Morgan fingerprint density at radius 1 is 0.955 bits per heavy atom. The van der Waals surface area contributed by atoms with E-state index in [-0.39, 0.29) is 0 Å². The molecule has 0 aromatic carbocycles. The van der Waals surface area contributed by atoms with Gasteiger partial charge in [0.25, 0.3) is 0 Å². The molecule has 0 N–H and O–H groups in total. The number of hydrogen-bond acceptors (Lipinski definition) is 6. The Morgan fingerprint density at radius 3 is 1.82 bits per heavy atom. The Hall–Kier alpha value is -2.08. The first kappa shape index (κ1) is 14.8. The van der Waals surface area contributed by atoms with Crippen LogP contribution in [0.25, 0.3) is 0 Å². The van der Waals surface area contributed by atoms with E-state index in [1.807, 2.05) is 12.1 Å². The average Bonchev–Trinajstić information content (AvgIpc) is 2.98. The highest BCUT2D eigenvalue weighted by Crippen LogP contribution is 2.40. The van der Waals surface area contributed by atoms with Crippen LogP contribution in [0.1, 0.15) is 38.2 Å². The highest BCUT2D eigenvalue weighted by atomic mass is 16.8. The number of ether oxygens (including phenoxy) is 3. The van der Waals surface area contributed by atoms with Gasteiger partial charge in [0.2, 0.25) is 11.6 Å². The van der Waals surface area contributed by atoms with Crippen LogP contribution in [0.3, 0.4) is 0 Å². The van der Waals surface area contributed by atoms with Crippen molar-refractivity contribution in [3.8, 4) is 0 Å². The van der Waals surface area contributed by atoms with Crippen LogP contribution in [-0.4, -0.2) is 23.5 Å². The second-order valence-corrected chi connectivity index (χ2v) is 5.61. The third-order valence-electron chi connectivity index (χ3n) is 3.73. The van der Waals surface area contributed by atoms with Crippen LogP contribution < -0.4 is 0 Å². The molecular weight excluding hydrogens is 288 g/mol. The number of fused-ring (bicyclic) bond motifs is 4. The lowest BCUT2D eigenvalue weighted by Gasteiger charge is -2.34. The van der Waals surface area contributed by atoms with E-state index in [0.717, 1.165) is 11.5 Å². The van der Waals surface area contributed by atoms with Crippen molar-refractivity contribution >= 4 is 11.9 Å². The van der Waals surface area contributed by atoms with E-state index in [2.05, 4.69) is 0 Å². The summed E-state index contributed by atoms with van der Waals surface area (Å²) in [5, 5.41) is 0. The van der Waals surface area contributed by atoms with Crippen LogP contribution in [0.5, 0.6) is 0 Å². The lowest BCUT2D eigenvalue weighted by molar-refractivity contribution is -0.292. The number of carbonyl (C=O) groups excluding carboxylic acids is 2. The van der Waals surface area contributed by atoms with Crippen LogP contribution >= 0.6 is 0 Å². The molecule has 3 rings (SSSR count). The van der Waals surface area contributed by atoms with Gasteiger partial charge in [0.1, 0.15) is 11.5 Å². The molecule has 2 aliphatic heterocycles. The molecule has 6 nitrogen and oxygen atoms in total. The molecule has 0 spiro atoms. The molecule has 0 saturated heterocycles. The number of furan rings is 1. The largest absolute Gasteiger partial charge is 0.466 e.